The average molecular weight is 297 g/mol. The fourth-order valence-corrected chi connectivity index (χ4v) is 1.96. The Kier molecular flexibility index (Phi) is 5.65. The van der Waals surface area contributed by atoms with Crippen molar-refractivity contribution < 1.29 is 9.59 Å². The summed E-state index contributed by atoms with van der Waals surface area (Å²) in [6.45, 7) is 2.10. The van der Waals surface area contributed by atoms with Crippen LogP contribution >= 0.6 is 0 Å². The van der Waals surface area contributed by atoms with Crippen molar-refractivity contribution in [3.05, 3.63) is 65.5 Å². The zero-order valence-corrected chi connectivity index (χ0v) is 12.5. The summed E-state index contributed by atoms with van der Waals surface area (Å²) in [6.07, 6.45) is 4.98. The van der Waals surface area contributed by atoms with E-state index >= 15 is 0 Å². The lowest BCUT2D eigenvalue weighted by atomic mass is 10.1. The number of nitrogens with one attached hydrogen (secondary N) is 2. The Morgan fingerprint density at radius 2 is 1.77 bits per heavy atom. The lowest BCUT2D eigenvalue weighted by Gasteiger charge is -2.07. The number of rotatable bonds is 5. The van der Waals surface area contributed by atoms with Crippen LogP contribution in [-0.2, 0) is 17.6 Å². The summed E-state index contributed by atoms with van der Waals surface area (Å²) >= 11 is 0. The summed E-state index contributed by atoms with van der Waals surface area (Å²) in [6, 6.07) is 11.5. The molecule has 2 rings (SSSR count). The fraction of sp³-hybridized carbons (Fsp3) is 0.235. The first kappa shape index (κ1) is 15.7. The van der Waals surface area contributed by atoms with Crippen LogP contribution in [0.3, 0.4) is 0 Å². The van der Waals surface area contributed by atoms with Gasteiger partial charge in [0.1, 0.15) is 0 Å². The number of amides is 2. The number of benzene rings is 1. The number of pyridine rings is 1. The minimum atomic E-state index is -0.381. The molecule has 5 heteroatoms. The van der Waals surface area contributed by atoms with Crippen LogP contribution in [0.15, 0.2) is 48.8 Å². The largest absolute Gasteiger partial charge is 0.273 e. The summed E-state index contributed by atoms with van der Waals surface area (Å²) in [4.78, 5) is 27.3. The van der Waals surface area contributed by atoms with Gasteiger partial charge in [0.05, 0.1) is 5.56 Å². The number of nitrogens with zero attached hydrogens (tertiary/aromatic N) is 1. The lowest BCUT2D eigenvalue weighted by molar-refractivity contribution is -0.121. The zero-order chi connectivity index (χ0) is 15.8. The first-order chi connectivity index (χ1) is 10.7. The topological polar surface area (TPSA) is 71.1 Å². The van der Waals surface area contributed by atoms with Gasteiger partial charge < -0.3 is 0 Å². The molecule has 0 bridgehead atoms. The van der Waals surface area contributed by atoms with Crippen molar-refractivity contribution in [3.8, 4) is 0 Å². The highest BCUT2D eigenvalue weighted by atomic mass is 16.2. The second kappa shape index (κ2) is 7.93. The Balaban J connectivity index is 1.74. The van der Waals surface area contributed by atoms with Gasteiger partial charge >= 0.3 is 0 Å². The SMILES string of the molecule is CCc1ccc(CCC(=O)NNC(=O)c2cccnc2)cc1. The molecule has 1 aromatic heterocycles. The van der Waals surface area contributed by atoms with Crippen LogP contribution < -0.4 is 10.9 Å². The van der Waals surface area contributed by atoms with Crippen molar-refractivity contribution >= 4 is 11.8 Å². The van der Waals surface area contributed by atoms with Gasteiger partial charge in [0, 0.05) is 18.8 Å². The smallest absolute Gasteiger partial charge is 0.271 e. The molecule has 0 saturated carbocycles. The number of hydrazine groups is 1. The highest BCUT2D eigenvalue weighted by Gasteiger charge is 2.07. The predicted molar refractivity (Wildman–Crippen MR) is 84.0 cm³/mol. The van der Waals surface area contributed by atoms with Gasteiger partial charge in [-0.25, -0.2) is 0 Å². The fourth-order valence-electron chi connectivity index (χ4n) is 1.96. The van der Waals surface area contributed by atoms with Crippen molar-refractivity contribution in [2.24, 2.45) is 0 Å². The molecular formula is C17H19N3O2. The Bertz CT molecular complexity index is 624. The normalized spacial score (nSPS) is 10.0. The number of hydrogen-bond donors (Lipinski definition) is 2. The van der Waals surface area contributed by atoms with Crippen LogP contribution in [0.5, 0.6) is 0 Å². The molecule has 0 fully saturated rings. The van der Waals surface area contributed by atoms with Crippen LogP contribution in [0.4, 0.5) is 0 Å². The molecule has 5 nitrogen and oxygen atoms in total. The first-order valence-electron chi connectivity index (χ1n) is 7.26. The molecule has 2 aromatic rings. The highest BCUT2D eigenvalue weighted by Crippen LogP contribution is 2.07. The van der Waals surface area contributed by atoms with Gasteiger partial charge in [0.25, 0.3) is 5.91 Å². The minimum Gasteiger partial charge on any atom is -0.273 e. The van der Waals surface area contributed by atoms with Crippen molar-refractivity contribution in [1.29, 1.82) is 0 Å². The Labute approximate surface area is 129 Å². The molecular weight excluding hydrogens is 278 g/mol. The van der Waals surface area contributed by atoms with Crippen LogP contribution in [0.1, 0.15) is 34.8 Å². The third kappa shape index (κ3) is 4.70. The Morgan fingerprint density at radius 1 is 1.05 bits per heavy atom. The van der Waals surface area contributed by atoms with Gasteiger partial charge in [-0.2, -0.15) is 0 Å². The van der Waals surface area contributed by atoms with Gasteiger partial charge in [0.2, 0.25) is 5.91 Å². The van der Waals surface area contributed by atoms with Crippen LogP contribution in [0.25, 0.3) is 0 Å². The van der Waals surface area contributed by atoms with E-state index < -0.39 is 0 Å². The van der Waals surface area contributed by atoms with Gasteiger partial charge in [0.15, 0.2) is 0 Å². The summed E-state index contributed by atoms with van der Waals surface area (Å²) in [5.41, 5.74) is 7.56. The number of carbonyl (C=O) groups is 2. The predicted octanol–water partition coefficient (Wildman–Crippen LogP) is 2.04. The van der Waals surface area contributed by atoms with E-state index in [2.05, 4.69) is 34.9 Å². The third-order valence-electron chi connectivity index (χ3n) is 3.31. The third-order valence-corrected chi connectivity index (χ3v) is 3.31. The van der Waals surface area contributed by atoms with E-state index in [0.717, 1.165) is 12.0 Å². The highest BCUT2D eigenvalue weighted by molar-refractivity contribution is 5.95. The number of aryl methyl sites for hydroxylation is 2. The van der Waals surface area contributed by atoms with Crippen molar-refractivity contribution in [2.75, 3.05) is 0 Å². The van der Waals surface area contributed by atoms with Gasteiger partial charge in [-0.1, -0.05) is 31.2 Å². The standard InChI is InChI=1S/C17H19N3O2/c1-2-13-5-7-14(8-6-13)9-10-16(21)19-20-17(22)15-4-3-11-18-12-15/h3-8,11-12H,2,9-10H2,1H3,(H,19,21)(H,20,22). The maximum atomic E-state index is 11.7. The summed E-state index contributed by atoms with van der Waals surface area (Å²) in [5, 5.41) is 0. The average Bonchev–Trinajstić information content (AvgIpc) is 2.59. The molecule has 22 heavy (non-hydrogen) atoms. The minimum absolute atomic E-state index is 0.225. The molecule has 114 valence electrons. The molecule has 1 heterocycles. The quantitative estimate of drug-likeness (QED) is 0.830. The van der Waals surface area contributed by atoms with Crippen LogP contribution in [0.2, 0.25) is 0 Å². The second-order valence-corrected chi connectivity index (χ2v) is 4.91. The maximum absolute atomic E-state index is 11.7. The van der Waals surface area contributed by atoms with Crippen LogP contribution in [0, 0.1) is 0 Å². The molecule has 2 N–H and O–H groups in total. The van der Waals surface area contributed by atoms with E-state index in [1.807, 2.05) is 12.1 Å². The van der Waals surface area contributed by atoms with Crippen LogP contribution in [-0.4, -0.2) is 16.8 Å². The Hall–Kier alpha value is -2.69. The van der Waals surface area contributed by atoms with E-state index in [4.69, 9.17) is 0 Å². The summed E-state index contributed by atoms with van der Waals surface area (Å²) in [7, 11) is 0. The number of carbonyl (C=O) groups excluding carboxylic acids is 2. The molecule has 0 radical (unpaired) electrons. The van der Waals surface area contributed by atoms with Gasteiger partial charge in [-0.3, -0.25) is 25.4 Å². The molecule has 0 saturated heterocycles. The van der Waals surface area contributed by atoms with Gasteiger partial charge in [-0.15, -0.1) is 0 Å². The molecule has 0 aliphatic rings. The summed E-state index contributed by atoms with van der Waals surface area (Å²) in [5.74, 6) is -0.606. The van der Waals surface area contributed by atoms with Gasteiger partial charge in [-0.05, 0) is 36.1 Å². The summed E-state index contributed by atoms with van der Waals surface area (Å²) < 4.78 is 0. The molecule has 1 aromatic carbocycles. The van der Waals surface area contributed by atoms with Crippen molar-refractivity contribution in [2.45, 2.75) is 26.2 Å². The van der Waals surface area contributed by atoms with Crippen molar-refractivity contribution in [1.82, 2.24) is 15.8 Å². The Morgan fingerprint density at radius 3 is 2.41 bits per heavy atom. The maximum Gasteiger partial charge on any atom is 0.271 e. The van der Waals surface area contributed by atoms with E-state index in [1.54, 1.807) is 18.3 Å². The molecule has 0 spiro atoms. The molecule has 2 amide bonds. The lowest BCUT2D eigenvalue weighted by Crippen LogP contribution is -2.41. The van der Waals surface area contributed by atoms with Crippen molar-refractivity contribution in [3.63, 3.8) is 0 Å². The van der Waals surface area contributed by atoms with E-state index in [1.165, 1.54) is 11.8 Å². The molecule has 0 atom stereocenters. The monoisotopic (exact) mass is 297 g/mol. The zero-order valence-electron chi connectivity index (χ0n) is 12.5. The number of aromatic nitrogens is 1. The molecule has 0 unspecified atom stereocenters. The number of hydrogen-bond acceptors (Lipinski definition) is 3. The second-order valence-electron chi connectivity index (χ2n) is 4.91. The molecule has 0 aliphatic heterocycles. The van der Waals surface area contributed by atoms with E-state index in [0.29, 0.717) is 18.4 Å². The first-order valence-corrected chi connectivity index (χ1v) is 7.26. The molecule has 0 aliphatic carbocycles. The van der Waals surface area contributed by atoms with E-state index in [9.17, 15) is 9.59 Å². The van der Waals surface area contributed by atoms with E-state index in [-0.39, 0.29) is 11.8 Å².